The fraction of sp³-hybridized carbons (Fsp3) is 0.308. The highest BCUT2D eigenvalue weighted by atomic mass is 19.1. The second kappa shape index (κ2) is 13.4. The normalized spacial score (nSPS) is 10.4. The third-order valence-electron chi connectivity index (χ3n) is 4.14. The molecular formula is C26H33FN2. The molecule has 0 aliphatic heterocycles. The van der Waals surface area contributed by atoms with Gasteiger partial charge in [-0.15, -0.1) is 0 Å². The van der Waals surface area contributed by atoms with Gasteiger partial charge in [0.1, 0.15) is 5.82 Å². The van der Waals surface area contributed by atoms with Crippen molar-refractivity contribution in [3.63, 3.8) is 0 Å². The monoisotopic (exact) mass is 392 g/mol. The van der Waals surface area contributed by atoms with E-state index in [1.54, 1.807) is 0 Å². The summed E-state index contributed by atoms with van der Waals surface area (Å²) in [6.45, 7) is 12.2. The van der Waals surface area contributed by atoms with Crippen LogP contribution < -0.4 is 0 Å². The van der Waals surface area contributed by atoms with Crippen molar-refractivity contribution in [3.05, 3.63) is 95.1 Å². The maximum atomic E-state index is 12.3. The molecule has 0 aliphatic rings. The second-order valence-electron chi connectivity index (χ2n) is 6.58. The molecule has 0 N–H and O–H groups in total. The average molecular weight is 393 g/mol. The minimum Gasteiger partial charge on any atom is -0.255 e. The second-order valence-corrected chi connectivity index (χ2v) is 6.58. The maximum Gasteiger partial charge on any atom is 0.123 e. The van der Waals surface area contributed by atoms with Gasteiger partial charge in [-0.3, -0.25) is 9.98 Å². The molecule has 0 radical (unpaired) electrons. The highest BCUT2D eigenvalue weighted by Crippen LogP contribution is 2.18. The molecule has 2 nitrogen and oxygen atoms in total. The Balaban J connectivity index is 0.000000299. The number of hydrogen-bond acceptors (Lipinski definition) is 2. The highest BCUT2D eigenvalue weighted by molar-refractivity contribution is 5.98. The number of halogens is 1. The zero-order chi connectivity index (χ0) is 21.6. The van der Waals surface area contributed by atoms with E-state index in [2.05, 4.69) is 42.9 Å². The average Bonchev–Trinajstić information content (AvgIpc) is 2.73. The molecule has 0 spiro atoms. The first-order valence-electron chi connectivity index (χ1n) is 10.3. The van der Waals surface area contributed by atoms with Crippen molar-refractivity contribution >= 4 is 11.4 Å². The number of para-hydroxylation sites is 1. The third-order valence-corrected chi connectivity index (χ3v) is 4.14. The first kappa shape index (κ1) is 24.2. The first-order valence-corrected chi connectivity index (χ1v) is 10.3. The molecule has 3 aromatic rings. The van der Waals surface area contributed by atoms with E-state index in [0.29, 0.717) is 0 Å². The summed E-state index contributed by atoms with van der Waals surface area (Å²) in [6, 6.07) is 18.8. The van der Waals surface area contributed by atoms with Crippen LogP contribution in [0.15, 0.2) is 71.9 Å². The highest BCUT2D eigenvalue weighted by Gasteiger charge is 2.01. The SMILES string of the molecule is CC.CC(=Nc1ccccc1C)c1cc(C)ccn1.CCCc1ccc(F)cc1. The van der Waals surface area contributed by atoms with E-state index >= 15 is 0 Å². The van der Waals surface area contributed by atoms with E-state index in [-0.39, 0.29) is 5.82 Å². The van der Waals surface area contributed by atoms with Gasteiger partial charge in [0.25, 0.3) is 0 Å². The minimum absolute atomic E-state index is 0.153. The van der Waals surface area contributed by atoms with Crippen molar-refractivity contribution < 1.29 is 4.39 Å². The lowest BCUT2D eigenvalue weighted by molar-refractivity contribution is 0.627. The van der Waals surface area contributed by atoms with Crippen LogP contribution in [0.2, 0.25) is 0 Å². The largest absolute Gasteiger partial charge is 0.255 e. The predicted octanol–water partition coefficient (Wildman–Crippen LogP) is 7.64. The Bertz CT molecular complexity index is 883. The van der Waals surface area contributed by atoms with Crippen LogP contribution in [0.25, 0.3) is 0 Å². The van der Waals surface area contributed by atoms with Crippen molar-refractivity contribution in [3.8, 4) is 0 Å². The molecule has 1 aromatic heterocycles. The molecule has 0 fully saturated rings. The van der Waals surface area contributed by atoms with E-state index in [0.717, 1.165) is 29.9 Å². The van der Waals surface area contributed by atoms with Gasteiger partial charge in [-0.2, -0.15) is 0 Å². The van der Waals surface area contributed by atoms with Gasteiger partial charge in [0, 0.05) is 6.20 Å². The molecule has 0 aliphatic carbocycles. The predicted molar refractivity (Wildman–Crippen MR) is 124 cm³/mol. The molecule has 3 rings (SSSR count). The van der Waals surface area contributed by atoms with Gasteiger partial charge in [-0.1, -0.05) is 57.5 Å². The molecule has 3 heteroatoms. The fourth-order valence-corrected chi connectivity index (χ4v) is 2.60. The summed E-state index contributed by atoms with van der Waals surface area (Å²) in [5, 5.41) is 0. The number of pyridine rings is 1. The molecule has 0 bridgehead atoms. The van der Waals surface area contributed by atoms with Crippen molar-refractivity contribution in [1.82, 2.24) is 4.98 Å². The topological polar surface area (TPSA) is 25.2 Å². The maximum absolute atomic E-state index is 12.3. The number of hydrogen-bond donors (Lipinski definition) is 0. The van der Waals surface area contributed by atoms with Gasteiger partial charge in [0.15, 0.2) is 0 Å². The molecule has 0 unspecified atom stereocenters. The summed E-state index contributed by atoms with van der Waals surface area (Å²) in [6.07, 6.45) is 3.98. The summed E-state index contributed by atoms with van der Waals surface area (Å²) in [5.74, 6) is -0.153. The Morgan fingerprint density at radius 3 is 2.21 bits per heavy atom. The molecule has 29 heavy (non-hydrogen) atoms. The van der Waals surface area contributed by atoms with E-state index in [9.17, 15) is 4.39 Å². The number of rotatable bonds is 4. The van der Waals surface area contributed by atoms with Gasteiger partial charge < -0.3 is 0 Å². The van der Waals surface area contributed by atoms with E-state index in [1.807, 2.05) is 63.4 Å². The Labute approximate surface area is 175 Å². The Kier molecular flexibility index (Phi) is 11.2. The standard InChI is InChI=1S/C15H16N2.C9H11F.C2H6/c1-11-8-9-16-15(10-11)13(3)17-14-7-5-4-6-12(14)2;1-2-3-8-4-6-9(10)7-5-8;1-2/h4-10H,1-3H3;4-7H,2-3H2,1H3;1-2H3. The van der Waals surface area contributed by atoms with Crippen LogP contribution in [0.3, 0.4) is 0 Å². The van der Waals surface area contributed by atoms with E-state index in [4.69, 9.17) is 0 Å². The smallest absolute Gasteiger partial charge is 0.123 e. The van der Waals surface area contributed by atoms with Gasteiger partial charge >= 0.3 is 0 Å². The van der Waals surface area contributed by atoms with Crippen LogP contribution in [-0.4, -0.2) is 10.7 Å². The number of nitrogens with zero attached hydrogens (tertiary/aromatic N) is 2. The minimum atomic E-state index is -0.153. The van der Waals surface area contributed by atoms with Crippen LogP contribution in [-0.2, 0) is 6.42 Å². The van der Waals surface area contributed by atoms with Crippen molar-refractivity contribution in [2.45, 2.75) is 54.4 Å². The molecule has 154 valence electrons. The molecule has 0 saturated heterocycles. The summed E-state index contributed by atoms with van der Waals surface area (Å²) in [4.78, 5) is 8.96. The first-order chi connectivity index (χ1) is 14.0. The van der Waals surface area contributed by atoms with Crippen LogP contribution in [0, 0.1) is 19.7 Å². The lowest BCUT2D eigenvalue weighted by Crippen LogP contribution is -1.98. The lowest BCUT2D eigenvalue weighted by Gasteiger charge is -2.03. The van der Waals surface area contributed by atoms with Crippen molar-refractivity contribution in [1.29, 1.82) is 0 Å². The van der Waals surface area contributed by atoms with Crippen molar-refractivity contribution in [2.75, 3.05) is 0 Å². The lowest BCUT2D eigenvalue weighted by atomic mass is 10.1. The summed E-state index contributed by atoms with van der Waals surface area (Å²) in [7, 11) is 0. The molecule has 1 heterocycles. The number of aryl methyl sites for hydroxylation is 3. The Morgan fingerprint density at radius 2 is 1.62 bits per heavy atom. The molecule has 2 aromatic carbocycles. The molecule has 0 saturated carbocycles. The van der Waals surface area contributed by atoms with Gasteiger partial charge in [-0.05, 0) is 74.2 Å². The van der Waals surface area contributed by atoms with Crippen LogP contribution in [0.5, 0.6) is 0 Å². The van der Waals surface area contributed by atoms with Crippen LogP contribution >= 0.6 is 0 Å². The van der Waals surface area contributed by atoms with Gasteiger partial charge in [0.05, 0.1) is 17.1 Å². The zero-order valence-electron chi connectivity index (χ0n) is 18.5. The zero-order valence-corrected chi connectivity index (χ0v) is 18.5. The summed E-state index contributed by atoms with van der Waals surface area (Å²) in [5.41, 5.74) is 6.49. The number of benzene rings is 2. The summed E-state index contributed by atoms with van der Waals surface area (Å²) < 4.78 is 12.3. The Hall–Kier alpha value is -2.81. The fourth-order valence-electron chi connectivity index (χ4n) is 2.60. The Morgan fingerprint density at radius 1 is 0.966 bits per heavy atom. The van der Waals surface area contributed by atoms with E-state index < -0.39 is 0 Å². The van der Waals surface area contributed by atoms with Crippen molar-refractivity contribution in [2.24, 2.45) is 4.99 Å². The van der Waals surface area contributed by atoms with Gasteiger partial charge in [-0.25, -0.2) is 4.39 Å². The van der Waals surface area contributed by atoms with E-state index in [1.165, 1.54) is 28.8 Å². The number of aromatic nitrogens is 1. The molecular weight excluding hydrogens is 359 g/mol. The molecule has 0 atom stereocenters. The quantitative estimate of drug-likeness (QED) is 0.419. The summed E-state index contributed by atoms with van der Waals surface area (Å²) >= 11 is 0. The van der Waals surface area contributed by atoms with Crippen LogP contribution in [0.1, 0.15) is 56.5 Å². The van der Waals surface area contributed by atoms with Crippen LogP contribution in [0.4, 0.5) is 10.1 Å². The third kappa shape index (κ3) is 8.82. The number of aliphatic imine (C=N–C) groups is 1. The molecule has 0 amide bonds. The van der Waals surface area contributed by atoms with Gasteiger partial charge in [0.2, 0.25) is 0 Å².